The third-order valence-electron chi connectivity index (χ3n) is 2.47. The molecule has 0 aliphatic rings. The van der Waals surface area contributed by atoms with Gasteiger partial charge in [0.15, 0.2) is 0 Å². The van der Waals surface area contributed by atoms with Gasteiger partial charge in [0.05, 0.1) is 0 Å². The molecular weight excluding hydrogens is 200 g/mol. The molecule has 1 aromatic heterocycles. The maximum atomic E-state index is 10.7. The zero-order valence-corrected chi connectivity index (χ0v) is 9.42. The van der Waals surface area contributed by atoms with Crippen molar-refractivity contribution in [1.82, 2.24) is 9.55 Å². The summed E-state index contributed by atoms with van der Waals surface area (Å²) in [5, 5.41) is 0. The quantitative estimate of drug-likeness (QED) is 0.736. The predicted molar refractivity (Wildman–Crippen MR) is 63.0 cm³/mol. The van der Waals surface area contributed by atoms with E-state index in [0.29, 0.717) is 11.5 Å². The van der Waals surface area contributed by atoms with Crippen molar-refractivity contribution in [2.24, 2.45) is 0 Å². The molecule has 1 heterocycles. The van der Waals surface area contributed by atoms with Crippen LogP contribution < -0.4 is 0 Å². The minimum absolute atomic E-state index is 0.356. The molecule has 0 aliphatic heterocycles. The van der Waals surface area contributed by atoms with Gasteiger partial charge in [-0.1, -0.05) is 26.0 Å². The first kappa shape index (κ1) is 10.6. The normalized spacial score (nSPS) is 10.7. The Balaban J connectivity index is 2.49. The molecule has 0 fully saturated rings. The van der Waals surface area contributed by atoms with Crippen molar-refractivity contribution in [3.63, 3.8) is 0 Å². The number of hydrogen-bond acceptors (Lipinski definition) is 2. The molecule has 16 heavy (non-hydrogen) atoms. The summed E-state index contributed by atoms with van der Waals surface area (Å²) >= 11 is 0. The van der Waals surface area contributed by atoms with E-state index >= 15 is 0 Å². The van der Waals surface area contributed by atoms with Crippen LogP contribution in [0.25, 0.3) is 5.69 Å². The van der Waals surface area contributed by atoms with Crippen LogP contribution in [0.5, 0.6) is 0 Å². The number of aldehydes is 1. The lowest BCUT2D eigenvalue weighted by molar-refractivity contribution is 0.112. The van der Waals surface area contributed by atoms with E-state index in [0.717, 1.165) is 17.8 Å². The molecule has 2 aromatic rings. The van der Waals surface area contributed by atoms with Crippen molar-refractivity contribution in [2.45, 2.75) is 19.8 Å². The molecule has 3 nitrogen and oxygen atoms in total. The molecule has 0 radical (unpaired) electrons. The van der Waals surface area contributed by atoms with Crippen molar-refractivity contribution >= 4 is 6.29 Å². The monoisotopic (exact) mass is 214 g/mol. The van der Waals surface area contributed by atoms with Gasteiger partial charge in [0, 0.05) is 29.6 Å². The van der Waals surface area contributed by atoms with Crippen LogP contribution in [0.1, 0.15) is 35.9 Å². The number of rotatable bonds is 3. The Morgan fingerprint density at radius 3 is 2.88 bits per heavy atom. The van der Waals surface area contributed by atoms with Crippen LogP contribution in [0.15, 0.2) is 36.7 Å². The fraction of sp³-hybridized carbons (Fsp3) is 0.231. The average Bonchev–Trinajstić information content (AvgIpc) is 2.78. The maximum Gasteiger partial charge on any atom is 0.150 e. The highest BCUT2D eigenvalue weighted by Crippen LogP contribution is 2.17. The fourth-order valence-electron chi connectivity index (χ4n) is 1.71. The van der Waals surface area contributed by atoms with Crippen LogP contribution in [-0.4, -0.2) is 15.8 Å². The summed E-state index contributed by atoms with van der Waals surface area (Å²) in [6.07, 6.45) is 4.55. The Kier molecular flexibility index (Phi) is 2.86. The van der Waals surface area contributed by atoms with E-state index in [1.807, 2.05) is 29.0 Å². The van der Waals surface area contributed by atoms with Crippen LogP contribution in [0.4, 0.5) is 0 Å². The molecule has 0 aliphatic carbocycles. The highest BCUT2D eigenvalue weighted by molar-refractivity contribution is 5.75. The molecule has 0 N–H and O–H groups in total. The van der Waals surface area contributed by atoms with Crippen molar-refractivity contribution in [3.8, 4) is 5.69 Å². The zero-order valence-electron chi connectivity index (χ0n) is 9.42. The standard InChI is InChI=1S/C13H14N2O/c1-10(2)13-14-6-7-15(13)12-5-3-4-11(8-12)9-16/h3-10H,1-2H3. The third kappa shape index (κ3) is 1.89. The van der Waals surface area contributed by atoms with E-state index in [4.69, 9.17) is 0 Å². The maximum absolute atomic E-state index is 10.7. The van der Waals surface area contributed by atoms with E-state index < -0.39 is 0 Å². The number of benzene rings is 1. The van der Waals surface area contributed by atoms with E-state index in [1.54, 1.807) is 12.3 Å². The lowest BCUT2D eigenvalue weighted by atomic mass is 10.2. The highest BCUT2D eigenvalue weighted by Gasteiger charge is 2.08. The van der Waals surface area contributed by atoms with Crippen molar-refractivity contribution in [1.29, 1.82) is 0 Å². The molecule has 0 atom stereocenters. The minimum atomic E-state index is 0.356. The molecule has 0 saturated heterocycles. The number of aromatic nitrogens is 2. The first-order valence-electron chi connectivity index (χ1n) is 5.31. The minimum Gasteiger partial charge on any atom is -0.304 e. The Hall–Kier alpha value is -1.90. The topological polar surface area (TPSA) is 34.9 Å². The van der Waals surface area contributed by atoms with Gasteiger partial charge in [0.25, 0.3) is 0 Å². The Bertz CT molecular complexity index is 500. The molecule has 0 unspecified atom stereocenters. The Morgan fingerprint density at radius 1 is 1.38 bits per heavy atom. The second-order valence-corrected chi connectivity index (χ2v) is 4.02. The van der Waals surface area contributed by atoms with Gasteiger partial charge in [-0.25, -0.2) is 4.98 Å². The number of imidazole rings is 1. The molecule has 3 heteroatoms. The summed E-state index contributed by atoms with van der Waals surface area (Å²) in [4.78, 5) is 15.0. The molecule has 0 saturated carbocycles. The van der Waals surface area contributed by atoms with Crippen LogP contribution >= 0.6 is 0 Å². The van der Waals surface area contributed by atoms with Gasteiger partial charge >= 0.3 is 0 Å². The van der Waals surface area contributed by atoms with Gasteiger partial charge in [0.1, 0.15) is 12.1 Å². The SMILES string of the molecule is CC(C)c1nccn1-c1cccc(C=O)c1. The summed E-state index contributed by atoms with van der Waals surface area (Å²) < 4.78 is 2.01. The average molecular weight is 214 g/mol. The van der Waals surface area contributed by atoms with Gasteiger partial charge in [-0.3, -0.25) is 4.79 Å². The Labute approximate surface area is 94.7 Å². The van der Waals surface area contributed by atoms with E-state index in [2.05, 4.69) is 18.8 Å². The summed E-state index contributed by atoms with van der Waals surface area (Å²) in [7, 11) is 0. The summed E-state index contributed by atoms with van der Waals surface area (Å²) in [5.41, 5.74) is 1.66. The predicted octanol–water partition coefficient (Wildman–Crippen LogP) is 2.81. The first-order valence-corrected chi connectivity index (χ1v) is 5.31. The second kappa shape index (κ2) is 4.31. The van der Waals surface area contributed by atoms with E-state index in [-0.39, 0.29) is 0 Å². The lowest BCUT2D eigenvalue weighted by Gasteiger charge is -2.10. The van der Waals surface area contributed by atoms with Crippen LogP contribution in [0, 0.1) is 0 Å². The van der Waals surface area contributed by atoms with Gasteiger partial charge in [0.2, 0.25) is 0 Å². The molecule has 0 spiro atoms. The summed E-state index contributed by atoms with van der Waals surface area (Å²) in [6.45, 7) is 4.20. The van der Waals surface area contributed by atoms with Gasteiger partial charge < -0.3 is 4.57 Å². The third-order valence-corrected chi connectivity index (χ3v) is 2.47. The number of nitrogens with zero attached hydrogens (tertiary/aromatic N) is 2. The number of carbonyl (C=O) groups excluding carboxylic acids is 1. The number of hydrogen-bond donors (Lipinski definition) is 0. The van der Waals surface area contributed by atoms with Crippen molar-refractivity contribution in [2.75, 3.05) is 0 Å². The van der Waals surface area contributed by atoms with E-state index in [1.165, 1.54) is 0 Å². The molecule has 2 rings (SSSR count). The highest BCUT2D eigenvalue weighted by atomic mass is 16.1. The molecule has 1 aromatic carbocycles. The Morgan fingerprint density at radius 2 is 2.19 bits per heavy atom. The second-order valence-electron chi connectivity index (χ2n) is 4.02. The molecule has 0 amide bonds. The smallest absolute Gasteiger partial charge is 0.150 e. The molecule has 82 valence electrons. The fourth-order valence-corrected chi connectivity index (χ4v) is 1.71. The summed E-state index contributed by atoms with van der Waals surface area (Å²) in [6, 6.07) is 7.51. The molecule has 0 bridgehead atoms. The zero-order chi connectivity index (χ0) is 11.5. The number of carbonyl (C=O) groups is 1. The van der Waals surface area contributed by atoms with Gasteiger partial charge in [-0.15, -0.1) is 0 Å². The van der Waals surface area contributed by atoms with Crippen molar-refractivity contribution in [3.05, 3.63) is 48.0 Å². The van der Waals surface area contributed by atoms with E-state index in [9.17, 15) is 4.79 Å². The lowest BCUT2D eigenvalue weighted by Crippen LogP contribution is -2.02. The summed E-state index contributed by atoms with van der Waals surface area (Å²) in [5.74, 6) is 1.36. The van der Waals surface area contributed by atoms with Crippen molar-refractivity contribution < 1.29 is 4.79 Å². The van der Waals surface area contributed by atoms with Crippen LogP contribution in [0.2, 0.25) is 0 Å². The van der Waals surface area contributed by atoms with Gasteiger partial charge in [-0.2, -0.15) is 0 Å². The first-order chi connectivity index (χ1) is 7.72. The van der Waals surface area contributed by atoms with Crippen LogP contribution in [-0.2, 0) is 0 Å². The van der Waals surface area contributed by atoms with Crippen LogP contribution in [0.3, 0.4) is 0 Å². The molecular formula is C13H14N2O. The van der Waals surface area contributed by atoms with Gasteiger partial charge in [-0.05, 0) is 12.1 Å². The largest absolute Gasteiger partial charge is 0.304 e.